The van der Waals surface area contributed by atoms with Gasteiger partial charge in [-0.15, -0.1) is 31.7 Å². The van der Waals surface area contributed by atoms with Gasteiger partial charge in [-0.2, -0.15) is 0 Å². The highest BCUT2D eigenvalue weighted by Gasteiger charge is 2.19. The van der Waals surface area contributed by atoms with Gasteiger partial charge in [0.1, 0.15) is 0 Å². The molecule has 0 radical (unpaired) electrons. The molecule has 0 amide bonds. The van der Waals surface area contributed by atoms with Gasteiger partial charge in [-0.3, -0.25) is 0 Å². The molecule has 0 spiro atoms. The summed E-state index contributed by atoms with van der Waals surface area (Å²) >= 11 is 3.00. The van der Waals surface area contributed by atoms with Gasteiger partial charge in [-0.25, -0.2) is 4.68 Å². The monoisotopic (exact) mass is 308 g/mol. The predicted octanol–water partition coefficient (Wildman–Crippen LogP) is 2.27. The highest BCUT2D eigenvalue weighted by Crippen LogP contribution is 2.34. The Balaban J connectivity index is 1.82. The predicted molar refractivity (Wildman–Crippen MR) is 76.8 cm³/mol. The maximum atomic E-state index is 6.04. The van der Waals surface area contributed by atoms with Crippen LogP contribution in [0.2, 0.25) is 0 Å². The number of nitrogen functional groups attached to an aromatic ring is 1. The van der Waals surface area contributed by atoms with Gasteiger partial charge in [0.15, 0.2) is 5.82 Å². The van der Waals surface area contributed by atoms with Crippen LogP contribution in [-0.2, 0) is 0 Å². The van der Waals surface area contributed by atoms with Crippen LogP contribution in [0.1, 0.15) is 24.0 Å². The number of thiophene rings is 1. The van der Waals surface area contributed by atoms with Crippen LogP contribution in [0, 0.1) is 6.92 Å². The average Bonchev–Trinajstić information content (AvgIpc) is 3.12. The number of rotatable bonds is 4. The van der Waals surface area contributed by atoms with Gasteiger partial charge in [0.25, 0.3) is 0 Å². The van der Waals surface area contributed by atoms with Crippen LogP contribution in [0.25, 0.3) is 10.7 Å². The van der Waals surface area contributed by atoms with Crippen molar-refractivity contribution >= 4 is 23.1 Å². The lowest BCUT2D eigenvalue weighted by Gasteiger charge is -2.05. The van der Waals surface area contributed by atoms with Crippen LogP contribution in [0.4, 0.5) is 0 Å². The average molecular weight is 308 g/mol. The molecule has 104 valence electrons. The molecule has 1 unspecified atom stereocenters. The fourth-order valence-corrected chi connectivity index (χ4v) is 3.12. The maximum Gasteiger partial charge on any atom is 0.229 e. The van der Waals surface area contributed by atoms with Crippen molar-refractivity contribution in [2.75, 3.05) is 5.84 Å². The summed E-state index contributed by atoms with van der Waals surface area (Å²) in [6.45, 7) is 3.71. The molecule has 0 aromatic carbocycles. The number of hydrogen-bond acceptors (Lipinski definition) is 8. The fourth-order valence-electron chi connectivity index (χ4n) is 1.62. The van der Waals surface area contributed by atoms with Crippen LogP contribution in [0.15, 0.2) is 27.1 Å². The first kappa shape index (κ1) is 13.1. The van der Waals surface area contributed by atoms with Crippen molar-refractivity contribution in [2.45, 2.75) is 24.3 Å². The number of aryl methyl sites for hydroxylation is 1. The topological polar surface area (TPSA) is 95.7 Å². The van der Waals surface area contributed by atoms with E-state index in [4.69, 9.17) is 10.3 Å². The molecule has 3 rings (SSSR count). The lowest BCUT2D eigenvalue weighted by Crippen LogP contribution is -2.11. The molecule has 20 heavy (non-hydrogen) atoms. The number of aromatic nitrogens is 5. The van der Waals surface area contributed by atoms with Crippen molar-refractivity contribution in [3.63, 3.8) is 0 Å². The standard InChI is InChI=1S/C11H12N6OS2/c1-6(10-15-13-7(2)18-10)20-11-16-14-9(17(11)12)8-4-3-5-19-8/h3-6H,12H2,1-2H3. The van der Waals surface area contributed by atoms with Crippen LogP contribution in [-0.4, -0.2) is 25.1 Å². The van der Waals surface area contributed by atoms with E-state index in [1.54, 1.807) is 18.3 Å². The van der Waals surface area contributed by atoms with Gasteiger partial charge in [0.05, 0.1) is 10.1 Å². The van der Waals surface area contributed by atoms with Crippen LogP contribution >= 0.6 is 23.1 Å². The lowest BCUT2D eigenvalue weighted by molar-refractivity contribution is 0.470. The van der Waals surface area contributed by atoms with E-state index in [1.807, 2.05) is 24.4 Å². The smallest absolute Gasteiger partial charge is 0.229 e. The van der Waals surface area contributed by atoms with Crippen molar-refractivity contribution in [3.05, 3.63) is 29.3 Å². The maximum absolute atomic E-state index is 6.04. The van der Waals surface area contributed by atoms with Gasteiger partial charge < -0.3 is 10.3 Å². The highest BCUT2D eigenvalue weighted by molar-refractivity contribution is 7.99. The summed E-state index contributed by atoms with van der Waals surface area (Å²) in [5.74, 6) is 7.78. The molecule has 0 aliphatic heterocycles. The summed E-state index contributed by atoms with van der Waals surface area (Å²) in [5, 5.41) is 18.6. The molecule has 0 saturated carbocycles. The van der Waals surface area contributed by atoms with E-state index >= 15 is 0 Å². The van der Waals surface area contributed by atoms with E-state index < -0.39 is 0 Å². The third-order valence-corrected chi connectivity index (χ3v) is 4.49. The van der Waals surface area contributed by atoms with Crippen molar-refractivity contribution in [3.8, 4) is 10.7 Å². The summed E-state index contributed by atoms with van der Waals surface area (Å²) in [5.41, 5.74) is 0. The summed E-state index contributed by atoms with van der Waals surface area (Å²) in [6.07, 6.45) is 0. The Labute approximate surface area is 123 Å². The lowest BCUT2D eigenvalue weighted by atomic mass is 10.4. The Kier molecular flexibility index (Phi) is 3.45. The zero-order valence-electron chi connectivity index (χ0n) is 10.8. The third-order valence-electron chi connectivity index (χ3n) is 2.58. The zero-order valence-corrected chi connectivity index (χ0v) is 12.5. The Morgan fingerprint density at radius 1 is 1.35 bits per heavy atom. The number of hydrogen-bond donors (Lipinski definition) is 1. The molecule has 0 fully saturated rings. The first-order valence-corrected chi connectivity index (χ1v) is 7.62. The summed E-state index contributed by atoms with van der Waals surface area (Å²) in [6, 6.07) is 3.91. The largest absolute Gasteiger partial charge is 0.424 e. The van der Waals surface area contributed by atoms with E-state index in [-0.39, 0.29) is 5.25 Å². The molecule has 3 aromatic rings. The van der Waals surface area contributed by atoms with E-state index in [0.717, 1.165) is 4.88 Å². The molecule has 2 N–H and O–H groups in total. The second-order valence-corrected chi connectivity index (χ2v) is 6.33. The van der Waals surface area contributed by atoms with E-state index in [2.05, 4.69) is 20.4 Å². The third kappa shape index (κ3) is 2.41. The molecule has 9 heteroatoms. The Morgan fingerprint density at radius 3 is 2.85 bits per heavy atom. The van der Waals surface area contributed by atoms with Gasteiger partial charge in [-0.1, -0.05) is 17.8 Å². The van der Waals surface area contributed by atoms with Gasteiger partial charge in [0, 0.05) is 6.92 Å². The molecule has 0 aliphatic rings. The second-order valence-electron chi connectivity index (χ2n) is 4.07. The Morgan fingerprint density at radius 2 is 2.20 bits per heavy atom. The van der Waals surface area contributed by atoms with Crippen molar-refractivity contribution in [1.82, 2.24) is 25.1 Å². The second kappa shape index (κ2) is 5.25. The van der Waals surface area contributed by atoms with Gasteiger partial charge >= 0.3 is 0 Å². The summed E-state index contributed by atoms with van der Waals surface area (Å²) in [7, 11) is 0. The molecule has 3 heterocycles. The summed E-state index contributed by atoms with van der Waals surface area (Å²) in [4.78, 5) is 0.980. The van der Waals surface area contributed by atoms with E-state index in [0.29, 0.717) is 22.8 Å². The van der Waals surface area contributed by atoms with Crippen LogP contribution in [0.5, 0.6) is 0 Å². The molecule has 0 saturated heterocycles. The Hall–Kier alpha value is -1.87. The fraction of sp³-hybridized carbons (Fsp3) is 0.273. The minimum atomic E-state index is -0.0427. The normalized spacial score (nSPS) is 12.7. The first-order chi connectivity index (χ1) is 9.65. The van der Waals surface area contributed by atoms with Crippen molar-refractivity contribution < 1.29 is 4.42 Å². The van der Waals surface area contributed by atoms with Gasteiger partial charge in [0.2, 0.25) is 16.9 Å². The first-order valence-electron chi connectivity index (χ1n) is 5.86. The van der Waals surface area contributed by atoms with Gasteiger partial charge in [-0.05, 0) is 18.4 Å². The molecule has 7 nitrogen and oxygen atoms in total. The van der Waals surface area contributed by atoms with Crippen molar-refractivity contribution in [2.24, 2.45) is 0 Å². The number of thioether (sulfide) groups is 1. The van der Waals surface area contributed by atoms with E-state index in [9.17, 15) is 0 Å². The Bertz CT molecular complexity index is 704. The van der Waals surface area contributed by atoms with Crippen LogP contribution in [0.3, 0.4) is 0 Å². The zero-order chi connectivity index (χ0) is 14.1. The number of nitrogens with two attached hydrogens (primary N) is 1. The number of nitrogens with zero attached hydrogens (tertiary/aromatic N) is 5. The SMILES string of the molecule is Cc1nnc(C(C)Sc2nnc(-c3cccs3)n2N)o1. The summed E-state index contributed by atoms with van der Waals surface area (Å²) < 4.78 is 6.88. The van der Waals surface area contributed by atoms with Crippen LogP contribution < -0.4 is 5.84 Å². The minimum absolute atomic E-state index is 0.0427. The minimum Gasteiger partial charge on any atom is -0.424 e. The highest BCUT2D eigenvalue weighted by atomic mass is 32.2. The molecule has 3 aromatic heterocycles. The molecule has 1 atom stereocenters. The molecular formula is C11H12N6OS2. The van der Waals surface area contributed by atoms with E-state index in [1.165, 1.54) is 16.4 Å². The van der Waals surface area contributed by atoms with Crippen molar-refractivity contribution in [1.29, 1.82) is 0 Å². The quantitative estimate of drug-likeness (QED) is 0.583. The molecular weight excluding hydrogens is 296 g/mol. The molecule has 0 bridgehead atoms. The molecule has 0 aliphatic carbocycles.